The molecule has 3 rings (SSSR count). The van der Waals surface area contributed by atoms with Gasteiger partial charge in [0.05, 0.1) is 23.0 Å². The fraction of sp³-hybridized carbons (Fsp3) is 0.133. The van der Waals surface area contributed by atoms with Crippen molar-refractivity contribution in [2.45, 2.75) is 5.88 Å². The Morgan fingerprint density at radius 2 is 2.14 bits per heavy atom. The number of hydrogen-bond donors (Lipinski definition) is 0. The van der Waals surface area contributed by atoms with E-state index in [0.29, 0.717) is 16.9 Å². The van der Waals surface area contributed by atoms with Crippen molar-refractivity contribution in [1.82, 2.24) is 9.55 Å². The van der Waals surface area contributed by atoms with E-state index in [4.69, 9.17) is 16.3 Å². The van der Waals surface area contributed by atoms with Gasteiger partial charge in [-0.25, -0.2) is 9.37 Å². The molecule has 1 aromatic heterocycles. The summed E-state index contributed by atoms with van der Waals surface area (Å²) in [6, 6.07) is 10.5. The summed E-state index contributed by atoms with van der Waals surface area (Å²) in [6.07, 6.45) is 0. The van der Waals surface area contributed by atoms with Crippen LogP contribution in [0.2, 0.25) is 0 Å². The third-order valence-corrected chi connectivity index (χ3v) is 4.08. The van der Waals surface area contributed by atoms with Crippen LogP contribution in [0.5, 0.6) is 5.75 Å². The van der Waals surface area contributed by atoms with Crippen molar-refractivity contribution in [1.29, 1.82) is 0 Å². The Labute approximate surface area is 134 Å². The van der Waals surface area contributed by atoms with Crippen molar-refractivity contribution in [3.05, 3.63) is 52.5 Å². The lowest BCUT2D eigenvalue weighted by atomic mass is 10.2. The van der Waals surface area contributed by atoms with E-state index in [1.807, 2.05) is 28.8 Å². The molecule has 0 unspecified atom stereocenters. The standard InChI is InChI=1S/C15H11BrClFN2O/c1-21-13-6-5-9(7-10(13)16)20-12-4-2-3-11(18)15(12)19-14(20)8-17/h2-7H,8H2,1H3. The van der Waals surface area contributed by atoms with Gasteiger partial charge in [-0.2, -0.15) is 0 Å². The van der Waals surface area contributed by atoms with Gasteiger partial charge in [0.2, 0.25) is 0 Å². The number of methoxy groups -OCH3 is 1. The first-order chi connectivity index (χ1) is 10.2. The van der Waals surface area contributed by atoms with Crippen molar-refractivity contribution < 1.29 is 9.13 Å². The van der Waals surface area contributed by atoms with E-state index in [1.54, 1.807) is 13.2 Å². The largest absolute Gasteiger partial charge is 0.496 e. The van der Waals surface area contributed by atoms with E-state index in [1.165, 1.54) is 6.07 Å². The maximum atomic E-state index is 13.9. The number of aromatic nitrogens is 2. The van der Waals surface area contributed by atoms with Gasteiger partial charge >= 0.3 is 0 Å². The second kappa shape index (κ2) is 5.66. The van der Waals surface area contributed by atoms with Crippen LogP contribution < -0.4 is 4.74 Å². The lowest BCUT2D eigenvalue weighted by Crippen LogP contribution is -1.99. The van der Waals surface area contributed by atoms with E-state index >= 15 is 0 Å². The Hall–Kier alpha value is -1.59. The van der Waals surface area contributed by atoms with Gasteiger partial charge in [-0.3, -0.25) is 4.57 Å². The van der Waals surface area contributed by atoms with Crippen LogP contribution in [0.4, 0.5) is 4.39 Å². The first kappa shape index (κ1) is 14.4. The number of para-hydroxylation sites is 1. The lowest BCUT2D eigenvalue weighted by molar-refractivity contribution is 0.412. The molecule has 2 aromatic carbocycles. The smallest absolute Gasteiger partial charge is 0.151 e. The molecule has 0 aliphatic heterocycles. The van der Waals surface area contributed by atoms with Gasteiger partial charge in [-0.15, -0.1) is 11.6 Å². The van der Waals surface area contributed by atoms with Crippen LogP contribution >= 0.6 is 27.5 Å². The maximum absolute atomic E-state index is 13.9. The molecule has 108 valence electrons. The Kier molecular flexibility index (Phi) is 3.87. The topological polar surface area (TPSA) is 27.1 Å². The lowest BCUT2D eigenvalue weighted by Gasteiger charge is -2.10. The van der Waals surface area contributed by atoms with Gasteiger partial charge in [-0.1, -0.05) is 6.07 Å². The highest BCUT2D eigenvalue weighted by Gasteiger charge is 2.15. The van der Waals surface area contributed by atoms with Crippen LogP contribution in [0.15, 0.2) is 40.9 Å². The molecule has 0 bridgehead atoms. The van der Waals surface area contributed by atoms with Crippen LogP contribution in [0.25, 0.3) is 16.7 Å². The quantitative estimate of drug-likeness (QED) is 0.627. The average molecular weight is 370 g/mol. The number of imidazole rings is 1. The minimum absolute atomic E-state index is 0.192. The zero-order chi connectivity index (χ0) is 15.0. The molecule has 0 amide bonds. The van der Waals surface area contributed by atoms with E-state index in [-0.39, 0.29) is 11.7 Å². The van der Waals surface area contributed by atoms with Crippen LogP contribution in [0.1, 0.15) is 5.82 Å². The summed E-state index contributed by atoms with van der Waals surface area (Å²) in [4.78, 5) is 4.29. The van der Waals surface area contributed by atoms with Crippen molar-refractivity contribution >= 4 is 38.6 Å². The van der Waals surface area contributed by atoms with Gasteiger partial charge in [-0.05, 0) is 46.3 Å². The third-order valence-electron chi connectivity index (χ3n) is 3.22. The Morgan fingerprint density at radius 1 is 1.33 bits per heavy atom. The minimum atomic E-state index is -0.356. The monoisotopic (exact) mass is 368 g/mol. The molecule has 0 fully saturated rings. The van der Waals surface area contributed by atoms with E-state index in [2.05, 4.69) is 20.9 Å². The summed E-state index contributed by atoms with van der Waals surface area (Å²) in [7, 11) is 1.60. The zero-order valence-corrected chi connectivity index (χ0v) is 13.4. The van der Waals surface area contributed by atoms with Crippen molar-refractivity contribution in [2.24, 2.45) is 0 Å². The predicted octanol–water partition coefficient (Wildman–Crippen LogP) is 4.67. The fourth-order valence-electron chi connectivity index (χ4n) is 2.29. The molecule has 0 N–H and O–H groups in total. The SMILES string of the molecule is COc1ccc(-n2c(CCl)nc3c(F)cccc32)cc1Br. The fourth-order valence-corrected chi connectivity index (χ4v) is 2.99. The molecule has 0 aliphatic carbocycles. The summed E-state index contributed by atoms with van der Waals surface area (Å²) in [5.41, 5.74) is 1.84. The van der Waals surface area contributed by atoms with Crippen LogP contribution in [0.3, 0.4) is 0 Å². The number of nitrogens with zero attached hydrogens (tertiary/aromatic N) is 2. The molecule has 0 spiro atoms. The molecule has 0 aliphatic rings. The summed E-state index contributed by atoms with van der Waals surface area (Å²) in [5.74, 6) is 1.15. The van der Waals surface area contributed by atoms with Crippen LogP contribution in [0, 0.1) is 5.82 Å². The molecule has 3 nitrogen and oxygen atoms in total. The summed E-state index contributed by atoms with van der Waals surface area (Å²) in [5, 5.41) is 0. The maximum Gasteiger partial charge on any atom is 0.151 e. The first-order valence-corrected chi connectivity index (χ1v) is 7.54. The molecule has 3 aromatic rings. The number of ether oxygens (including phenoxy) is 1. The van der Waals surface area contributed by atoms with Crippen molar-refractivity contribution in [3.8, 4) is 11.4 Å². The van der Waals surface area contributed by atoms with Crippen LogP contribution in [-0.4, -0.2) is 16.7 Å². The molecular weight excluding hydrogens is 359 g/mol. The minimum Gasteiger partial charge on any atom is -0.496 e. The second-order valence-corrected chi connectivity index (χ2v) is 5.55. The molecule has 0 saturated heterocycles. The summed E-state index contributed by atoms with van der Waals surface area (Å²) in [6.45, 7) is 0. The Morgan fingerprint density at radius 3 is 2.81 bits per heavy atom. The molecule has 21 heavy (non-hydrogen) atoms. The number of fused-ring (bicyclic) bond motifs is 1. The highest BCUT2D eigenvalue weighted by Crippen LogP contribution is 2.30. The number of benzene rings is 2. The second-order valence-electron chi connectivity index (χ2n) is 4.42. The van der Waals surface area contributed by atoms with E-state index in [0.717, 1.165) is 15.9 Å². The van der Waals surface area contributed by atoms with Gasteiger partial charge in [0.15, 0.2) is 5.82 Å². The Balaban J connectivity index is 2.28. The summed E-state index contributed by atoms with van der Waals surface area (Å²) < 4.78 is 21.8. The molecular formula is C15H11BrClFN2O. The predicted molar refractivity (Wildman–Crippen MR) is 84.8 cm³/mol. The van der Waals surface area contributed by atoms with Gasteiger partial charge in [0.25, 0.3) is 0 Å². The highest BCUT2D eigenvalue weighted by molar-refractivity contribution is 9.10. The number of halogens is 3. The molecule has 0 radical (unpaired) electrons. The number of rotatable bonds is 3. The van der Waals surface area contributed by atoms with Crippen molar-refractivity contribution in [3.63, 3.8) is 0 Å². The molecule has 6 heteroatoms. The normalized spacial score (nSPS) is 11.0. The molecule has 0 atom stereocenters. The molecule has 0 saturated carbocycles. The summed E-state index contributed by atoms with van der Waals surface area (Å²) >= 11 is 9.41. The highest BCUT2D eigenvalue weighted by atomic mass is 79.9. The van der Waals surface area contributed by atoms with Crippen LogP contribution in [-0.2, 0) is 5.88 Å². The molecule has 1 heterocycles. The van der Waals surface area contributed by atoms with E-state index < -0.39 is 0 Å². The Bertz CT molecular complexity index is 819. The average Bonchev–Trinajstić information content (AvgIpc) is 2.87. The van der Waals surface area contributed by atoms with Crippen molar-refractivity contribution in [2.75, 3.05) is 7.11 Å². The third kappa shape index (κ3) is 2.40. The van der Waals surface area contributed by atoms with E-state index in [9.17, 15) is 4.39 Å². The van der Waals surface area contributed by atoms with Gasteiger partial charge in [0.1, 0.15) is 17.1 Å². The zero-order valence-electron chi connectivity index (χ0n) is 11.1. The van der Waals surface area contributed by atoms with Gasteiger partial charge < -0.3 is 4.74 Å². The number of alkyl halides is 1. The first-order valence-electron chi connectivity index (χ1n) is 6.21. The van der Waals surface area contributed by atoms with Gasteiger partial charge in [0, 0.05) is 5.69 Å². The number of hydrogen-bond acceptors (Lipinski definition) is 2.